The third-order valence-corrected chi connectivity index (χ3v) is 5.20. The maximum absolute atomic E-state index is 14.1. The number of imidazole rings is 1. The first-order chi connectivity index (χ1) is 14.3. The van der Waals surface area contributed by atoms with Gasteiger partial charge in [-0.15, -0.1) is 24.0 Å². The van der Waals surface area contributed by atoms with Crippen LogP contribution in [0.5, 0.6) is 0 Å². The Morgan fingerprint density at radius 1 is 1.03 bits per heavy atom. The summed E-state index contributed by atoms with van der Waals surface area (Å²) in [4.78, 5) is 12.9. The molecule has 1 aliphatic heterocycles. The molecule has 0 saturated carbocycles. The van der Waals surface area contributed by atoms with Crippen molar-refractivity contribution in [3.05, 3.63) is 78.6 Å². The molecule has 1 aliphatic rings. The van der Waals surface area contributed by atoms with E-state index in [1.807, 2.05) is 35.0 Å². The van der Waals surface area contributed by atoms with Gasteiger partial charge in [-0.3, -0.25) is 4.99 Å². The highest BCUT2D eigenvalue weighted by molar-refractivity contribution is 14.0. The molecule has 1 N–H and O–H groups in total. The van der Waals surface area contributed by atoms with Gasteiger partial charge in [-0.05, 0) is 23.8 Å². The van der Waals surface area contributed by atoms with Crippen molar-refractivity contribution >= 4 is 35.6 Å². The quantitative estimate of drug-likeness (QED) is 0.325. The van der Waals surface area contributed by atoms with Gasteiger partial charge in [0.15, 0.2) is 5.96 Å². The number of piperazine rings is 1. The van der Waals surface area contributed by atoms with Crippen LogP contribution in [0.4, 0.5) is 10.1 Å². The Bertz CT molecular complexity index is 967. The first-order valence-corrected chi connectivity index (χ1v) is 9.77. The van der Waals surface area contributed by atoms with Crippen LogP contribution in [0.1, 0.15) is 5.56 Å². The normalized spacial score (nSPS) is 14.4. The largest absolute Gasteiger partial charge is 0.366 e. The van der Waals surface area contributed by atoms with E-state index in [-0.39, 0.29) is 29.8 Å². The van der Waals surface area contributed by atoms with Crippen LogP contribution in [0.3, 0.4) is 0 Å². The smallest absolute Gasteiger partial charge is 0.194 e. The van der Waals surface area contributed by atoms with Crippen molar-refractivity contribution < 1.29 is 4.39 Å². The van der Waals surface area contributed by atoms with Gasteiger partial charge in [0.1, 0.15) is 5.82 Å². The Morgan fingerprint density at radius 3 is 2.40 bits per heavy atom. The Morgan fingerprint density at radius 2 is 1.73 bits per heavy atom. The van der Waals surface area contributed by atoms with Crippen LogP contribution in [0.2, 0.25) is 0 Å². The fraction of sp³-hybridized carbons (Fsp3) is 0.273. The predicted molar refractivity (Wildman–Crippen MR) is 129 cm³/mol. The van der Waals surface area contributed by atoms with E-state index in [1.165, 1.54) is 6.07 Å². The van der Waals surface area contributed by atoms with Crippen LogP contribution in [0.25, 0.3) is 5.69 Å². The summed E-state index contributed by atoms with van der Waals surface area (Å²) in [6, 6.07) is 15.2. The van der Waals surface area contributed by atoms with Crippen LogP contribution in [-0.4, -0.2) is 53.6 Å². The molecule has 1 aromatic heterocycles. The summed E-state index contributed by atoms with van der Waals surface area (Å²) in [5, 5.41) is 3.47. The van der Waals surface area contributed by atoms with E-state index in [0.717, 1.165) is 43.4 Å². The molecule has 8 heteroatoms. The molecule has 0 aliphatic carbocycles. The molecule has 30 heavy (non-hydrogen) atoms. The number of aromatic nitrogens is 2. The molecule has 0 radical (unpaired) electrons. The lowest BCUT2D eigenvalue weighted by molar-refractivity contribution is 0.370. The summed E-state index contributed by atoms with van der Waals surface area (Å²) in [5.74, 6) is 0.693. The minimum absolute atomic E-state index is 0. The Balaban J connectivity index is 0.00000256. The predicted octanol–water partition coefficient (Wildman–Crippen LogP) is 3.53. The number of nitrogens with zero attached hydrogens (tertiary/aromatic N) is 5. The van der Waals surface area contributed by atoms with Crippen molar-refractivity contribution in [2.75, 3.05) is 38.1 Å². The molecular formula is C22H26FIN6. The van der Waals surface area contributed by atoms with E-state index in [1.54, 1.807) is 25.6 Å². The van der Waals surface area contributed by atoms with E-state index in [4.69, 9.17) is 0 Å². The SMILES string of the molecule is CN=C(NCc1ccccc1-n1ccnc1)N1CCN(c2ccccc2F)CC1.I. The van der Waals surface area contributed by atoms with Gasteiger partial charge in [0.25, 0.3) is 0 Å². The van der Waals surface area contributed by atoms with Crippen LogP contribution in [0, 0.1) is 5.82 Å². The minimum atomic E-state index is -0.167. The number of anilines is 1. The van der Waals surface area contributed by atoms with E-state index in [0.29, 0.717) is 12.2 Å². The number of hydrogen-bond donors (Lipinski definition) is 1. The van der Waals surface area contributed by atoms with Gasteiger partial charge < -0.3 is 19.7 Å². The molecule has 0 atom stereocenters. The maximum atomic E-state index is 14.1. The van der Waals surface area contributed by atoms with Crippen molar-refractivity contribution in [3.8, 4) is 5.69 Å². The lowest BCUT2D eigenvalue weighted by Gasteiger charge is -2.37. The zero-order valence-corrected chi connectivity index (χ0v) is 19.2. The van der Waals surface area contributed by atoms with Gasteiger partial charge in [0.05, 0.1) is 17.7 Å². The molecule has 0 unspecified atom stereocenters. The summed E-state index contributed by atoms with van der Waals surface area (Å²) in [5.41, 5.74) is 2.93. The van der Waals surface area contributed by atoms with E-state index >= 15 is 0 Å². The second kappa shape index (κ2) is 10.4. The van der Waals surface area contributed by atoms with Crippen LogP contribution in [0.15, 0.2) is 72.2 Å². The van der Waals surface area contributed by atoms with Crippen molar-refractivity contribution in [1.82, 2.24) is 19.8 Å². The standard InChI is InChI=1S/C22H25FN6.HI/c1-24-22(26-16-18-6-2-4-8-20(18)29-11-10-25-17-29)28-14-12-27(13-15-28)21-9-5-3-7-19(21)23;/h2-11,17H,12-16H2,1H3,(H,24,26);1H. The number of rotatable bonds is 4. The first kappa shape index (κ1) is 22.1. The second-order valence-electron chi connectivity index (χ2n) is 6.92. The number of halogens is 2. The Kier molecular flexibility index (Phi) is 7.67. The van der Waals surface area contributed by atoms with E-state index < -0.39 is 0 Å². The van der Waals surface area contributed by atoms with Crippen molar-refractivity contribution in [2.24, 2.45) is 4.99 Å². The number of nitrogens with one attached hydrogen (secondary N) is 1. The third-order valence-electron chi connectivity index (χ3n) is 5.20. The highest BCUT2D eigenvalue weighted by Gasteiger charge is 2.21. The van der Waals surface area contributed by atoms with Crippen molar-refractivity contribution in [3.63, 3.8) is 0 Å². The summed E-state index contributed by atoms with van der Waals surface area (Å²) in [6.45, 7) is 3.75. The summed E-state index contributed by atoms with van der Waals surface area (Å²) in [7, 11) is 1.80. The molecule has 0 amide bonds. The second-order valence-corrected chi connectivity index (χ2v) is 6.92. The highest BCUT2D eigenvalue weighted by atomic mass is 127. The zero-order chi connectivity index (χ0) is 20.1. The van der Waals surface area contributed by atoms with Crippen molar-refractivity contribution in [1.29, 1.82) is 0 Å². The lowest BCUT2D eigenvalue weighted by atomic mass is 10.1. The molecule has 0 bridgehead atoms. The lowest BCUT2D eigenvalue weighted by Crippen LogP contribution is -2.52. The van der Waals surface area contributed by atoms with Gasteiger partial charge >= 0.3 is 0 Å². The van der Waals surface area contributed by atoms with Gasteiger partial charge in [-0.2, -0.15) is 0 Å². The molecule has 6 nitrogen and oxygen atoms in total. The van der Waals surface area contributed by atoms with Crippen LogP contribution < -0.4 is 10.2 Å². The van der Waals surface area contributed by atoms with Crippen LogP contribution >= 0.6 is 24.0 Å². The summed E-state index contributed by atoms with van der Waals surface area (Å²) >= 11 is 0. The average Bonchev–Trinajstić information content (AvgIpc) is 3.30. The van der Waals surface area contributed by atoms with Gasteiger partial charge in [0, 0.05) is 52.2 Å². The van der Waals surface area contributed by atoms with E-state index in [9.17, 15) is 4.39 Å². The number of aliphatic imine (C=N–C) groups is 1. The number of guanidine groups is 1. The molecule has 1 fully saturated rings. The molecule has 0 spiro atoms. The minimum Gasteiger partial charge on any atom is -0.366 e. The number of hydrogen-bond acceptors (Lipinski definition) is 3. The third kappa shape index (κ3) is 4.92. The summed E-state index contributed by atoms with van der Waals surface area (Å²) < 4.78 is 16.1. The molecule has 2 aromatic carbocycles. The molecule has 1 saturated heterocycles. The monoisotopic (exact) mass is 520 g/mol. The Hall–Kier alpha value is -2.62. The summed E-state index contributed by atoms with van der Waals surface area (Å²) in [6.07, 6.45) is 5.52. The van der Waals surface area contributed by atoms with Gasteiger partial charge in [0.2, 0.25) is 0 Å². The molecular weight excluding hydrogens is 494 g/mol. The topological polar surface area (TPSA) is 48.7 Å². The molecule has 3 aromatic rings. The molecule has 4 rings (SSSR count). The Labute approximate surface area is 193 Å². The highest BCUT2D eigenvalue weighted by Crippen LogP contribution is 2.20. The maximum Gasteiger partial charge on any atom is 0.194 e. The number of benzene rings is 2. The van der Waals surface area contributed by atoms with E-state index in [2.05, 4.69) is 37.2 Å². The van der Waals surface area contributed by atoms with Gasteiger partial charge in [-0.1, -0.05) is 30.3 Å². The fourth-order valence-corrected chi connectivity index (χ4v) is 3.69. The van der Waals surface area contributed by atoms with Crippen LogP contribution in [-0.2, 0) is 6.54 Å². The first-order valence-electron chi connectivity index (χ1n) is 9.77. The number of para-hydroxylation sites is 2. The molecule has 2 heterocycles. The fourth-order valence-electron chi connectivity index (χ4n) is 3.69. The van der Waals surface area contributed by atoms with Crippen molar-refractivity contribution in [2.45, 2.75) is 6.54 Å². The molecule has 158 valence electrons. The average molecular weight is 520 g/mol. The zero-order valence-electron chi connectivity index (χ0n) is 16.9. The van der Waals surface area contributed by atoms with Gasteiger partial charge in [-0.25, -0.2) is 9.37 Å².